The van der Waals surface area contributed by atoms with Crippen molar-refractivity contribution in [1.82, 2.24) is 10.6 Å². The number of hydrogen-bond donors (Lipinski definition) is 3. The van der Waals surface area contributed by atoms with Crippen molar-refractivity contribution < 1.29 is 19.4 Å². The summed E-state index contributed by atoms with van der Waals surface area (Å²) in [6.45, 7) is 0.879. The molecule has 2 unspecified atom stereocenters. The zero-order valence-corrected chi connectivity index (χ0v) is 11.6. The van der Waals surface area contributed by atoms with Gasteiger partial charge in [-0.3, -0.25) is 0 Å². The van der Waals surface area contributed by atoms with E-state index in [1.165, 1.54) is 11.1 Å². The minimum absolute atomic E-state index is 0.0159. The summed E-state index contributed by atoms with van der Waals surface area (Å²) in [5.41, 5.74) is 1.28. The maximum absolute atomic E-state index is 11.9. The van der Waals surface area contributed by atoms with Gasteiger partial charge in [-0.1, -0.05) is 24.3 Å². The van der Waals surface area contributed by atoms with Crippen LogP contribution in [0, 0.1) is 0 Å². The van der Waals surface area contributed by atoms with Crippen molar-refractivity contribution in [2.75, 3.05) is 19.8 Å². The molecule has 0 aromatic heterocycles. The van der Waals surface area contributed by atoms with Crippen LogP contribution in [0.15, 0.2) is 24.3 Å². The third kappa shape index (κ3) is 2.58. The molecule has 2 amide bonds. The second kappa shape index (κ2) is 5.37. The lowest BCUT2D eigenvalue weighted by Crippen LogP contribution is -2.58. The number of fused-ring (bicyclic) bond motifs is 1. The molecule has 3 N–H and O–H groups in total. The van der Waals surface area contributed by atoms with Crippen LogP contribution >= 0.6 is 0 Å². The van der Waals surface area contributed by atoms with E-state index in [4.69, 9.17) is 4.74 Å². The molecule has 1 saturated heterocycles. The van der Waals surface area contributed by atoms with Crippen molar-refractivity contribution >= 4 is 12.0 Å². The first-order valence-corrected chi connectivity index (χ1v) is 7.06. The minimum atomic E-state index is -1.29. The summed E-state index contributed by atoms with van der Waals surface area (Å²) in [6.07, 6.45) is 1.24. The minimum Gasteiger partial charge on any atom is -0.479 e. The fourth-order valence-corrected chi connectivity index (χ4v) is 2.91. The van der Waals surface area contributed by atoms with Crippen LogP contribution in [0.1, 0.15) is 23.5 Å². The van der Waals surface area contributed by atoms with Crippen LogP contribution in [-0.2, 0) is 16.0 Å². The van der Waals surface area contributed by atoms with Crippen LogP contribution in [0.4, 0.5) is 4.79 Å². The first kappa shape index (κ1) is 13.9. The maximum Gasteiger partial charge on any atom is 0.332 e. The largest absolute Gasteiger partial charge is 0.479 e. The Hall–Kier alpha value is -2.08. The van der Waals surface area contributed by atoms with Crippen molar-refractivity contribution in [2.45, 2.75) is 24.3 Å². The van der Waals surface area contributed by atoms with Crippen LogP contribution in [0.25, 0.3) is 0 Å². The van der Waals surface area contributed by atoms with Crippen molar-refractivity contribution in [3.05, 3.63) is 35.4 Å². The van der Waals surface area contributed by atoms with Crippen LogP contribution in [0.5, 0.6) is 0 Å². The molecule has 2 aliphatic rings. The molecule has 21 heavy (non-hydrogen) atoms. The lowest BCUT2D eigenvalue weighted by atomic mass is 9.78. The number of hydrogen-bond acceptors (Lipinski definition) is 3. The summed E-state index contributed by atoms with van der Waals surface area (Å²) >= 11 is 0. The molecule has 1 aliphatic carbocycles. The van der Waals surface area contributed by atoms with E-state index in [9.17, 15) is 14.7 Å². The van der Waals surface area contributed by atoms with E-state index < -0.39 is 17.5 Å². The van der Waals surface area contributed by atoms with Crippen LogP contribution in [-0.4, -0.2) is 42.4 Å². The van der Waals surface area contributed by atoms with Gasteiger partial charge in [-0.05, 0) is 17.5 Å². The molecular weight excluding hydrogens is 272 g/mol. The number of carboxylic acid groups (broad SMARTS) is 1. The molecule has 1 aliphatic heterocycles. The fourth-order valence-electron chi connectivity index (χ4n) is 2.91. The van der Waals surface area contributed by atoms with Gasteiger partial charge in [0.1, 0.15) is 0 Å². The predicted octanol–water partition coefficient (Wildman–Crippen LogP) is 0.869. The monoisotopic (exact) mass is 290 g/mol. The van der Waals surface area contributed by atoms with Crippen molar-refractivity contribution in [2.24, 2.45) is 0 Å². The molecule has 6 nitrogen and oxygen atoms in total. The lowest BCUT2D eigenvalue weighted by Gasteiger charge is -2.31. The Balaban J connectivity index is 1.53. The summed E-state index contributed by atoms with van der Waals surface area (Å²) in [5, 5.41) is 14.6. The molecule has 0 radical (unpaired) electrons. The smallest absolute Gasteiger partial charge is 0.332 e. The van der Waals surface area contributed by atoms with Gasteiger partial charge in [-0.25, -0.2) is 9.59 Å². The van der Waals surface area contributed by atoms with E-state index in [0.29, 0.717) is 25.5 Å². The summed E-state index contributed by atoms with van der Waals surface area (Å²) in [4.78, 5) is 23.2. The lowest BCUT2D eigenvalue weighted by molar-refractivity contribution is -0.144. The Bertz CT molecular complexity index is 567. The molecule has 6 heteroatoms. The van der Waals surface area contributed by atoms with Crippen molar-refractivity contribution in [1.29, 1.82) is 0 Å². The molecule has 0 saturated carbocycles. The van der Waals surface area contributed by atoms with Gasteiger partial charge < -0.3 is 20.5 Å². The van der Waals surface area contributed by atoms with Crippen LogP contribution in [0.2, 0.25) is 0 Å². The van der Waals surface area contributed by atoms with Crippen LogP contribution < -0.4 is 10.6 Å². The molecule has 1 aromatic carbocycles. The highest BCUT2D eigenvalue weighted by atomic mass is 16.5. The molecular formula is C15H18N2O4. The number of carbonyl (C=O) groups excluding carboxylic acids is 1. The molecule has 3 rings (SSSR count). The fraction of sp³-hybridized carbons (Fsp3) is 0.467. The van der Waals surface area contributed by atoms with E-state index in [2.05, 4.69) is 22.8 Å². The summed E-state index contributed by atoms with van der Waals surface area (Å²) < 4.78 is 5.10. The maximum atomic E-state index is 11.9. The van der Waals surface area contributed by atoms with E-state index in [1.807, 2.05) is 12.1 Å². The van der Waals surface area contributed by atoms with Gasteiger partial charge in [0.15, 0.2) is 5.54 Å². The van der Waals surface area contributed by atoms with E-state index in [-0.39, 0.29) is 6.61 Å². The number of rotatable bonds is 4. The van der Waals surface area contributed by atoms with Crippen LogP contribution in [0.3, 0.4) is 0 Å². The topological polar surface area (TPSA) is 87.7 Å². The molecule has 1 heterocycles. The summed E-state index contributed by atoms with van der Waals surface area (Å²) in [5.74, 6) is -0.739. The number of benzene rings is 1. The van der Waals surface area contributed by atoms with E-state index in [0.717, 1.165) is 6.42 Å². The van der Waals surface area contributed by atoms with Gasteiger partial charge in [0, 0.05) is 25.5 Å². The standard InChI is InChI=1S/C15H18N2O4/c18-13(19)15(5-6-21-9-15)17-14(20)16-8-11-7-10-3-1-2-4-12(10)11/h1-4,11H,5-9H2,(H,18,19)(H2,16,17,20). The number of aliphatic carboxylic acids is 1. The number of nitrogens with one attached hydrogen (secondary N) is 2. The van der Waals surface area contributed by atoms with E-state index >= 15 is 0 Å². The highest BCUT2D eigenvalue weighted by Gasteiger charge is 2.44. The second-order valence-corrected chi connectivity index (χ2v) is 5.62. The Morgan fingerprint density at radius 3 is 2.86 bits per heavy atom. The third-order valence-corrected chi connectivity index (χ3v) is 4.25. The zero-order valence-electron chi connectivity index (χ0n) is 11.6. The van der Waals surface area contributed by atoms with Crippen molar-refractivity contribution in [3.63, 3.8) is 0 Å². The first-order valence-electron chi connectivity index (χ1n) is 7.06. The van der Waals surface area contributed by atoms with Crippen molar-refractivity contribution in [3.8, 4) is 0 Å². The highest BCUT2D eigenvalue weighted by Crippen LogP contribution is 2.33. The number of ether oxygens (including phenoxy) is 1. The van der Waals surface area contributed by atoms with E-state index in [1.54, 1.807) is 0 Å². The average molecular weight is 290 g/mol. The Morgan fingerprint density at radius 2 is 2.19 bits per heavy atom. The predicted molar refractivity (Wildman–Crippen MR) is 75.2 cm³/mol. The number of urea groups is 1. The summed E-state index contributed by atoms with van der Waals surface area (Å²) in [6, 6.07) is 7.69. The molecule has 1 aromatic rings. The number of carbonyl (C=O) groups is 2. The van der Waals surface area contributed by atoms with Gasteiger partial charge in [-0.2, -0.15) is 0 Å². The number of amides is 2. The first-order chi connectivity index (χ1) is 10.1. The molecule has 0 bridgehead atoms. The number of carboxylic acids is 1. The Labute approximate surface area is 122 Å². The Kier molecular flexibility index (Phi) is 3.55. The van der Waals surface area contributed by atoms with Gasteiger partial charge in [0.2, 0.25) is 0 Å². The Morgan fingerprint density at radius 1 is 1.38 bits per heavy atom. The highest BCUT2D eigenvalue weighted by molar-refractivity contribution is 5.86. The normalized spacial score (nSPS) is 26.6. The molecule has 112 valence electrons. The van der Waals surface area contributed by atoms with Gasteiger partial charge in [-0.15, -0.1) is 0 Å². The van der Waals surface area contributed by atoms with Gasteiger partial charge in [0.25, 0.3) is 0 Å². The third-order valence-electron chi connectivity index (χ3n) is 4.25. The zero-order chi connectivity index (χ0) is 14.9. The molecule has 2 atom stereocenters. The average Bonchev–Trinajstić information content (AvgIpc) is 2.89. The summed E-state index contributed by atoms with van der Waals surface area (Å²) in [7, 11) is 0. The molecule has 1 fully saturated rings. The second-order valence-electron chi connectivity index (χ2n) is 5.62. The van der Waals surface area contributed by atoms with Gasteiger partial charge >= 0.3 is 12.0 Å². The van der Waals surface area contributed by atoms with Gasteiger partial charge in [0.05, 0.1) is 6.61 Å². The quantitative estimate of drug-likeness (QED) is 0.768. The SMILES string of the molecule is O=C(NCC1Cc2ccccc21)NC1(C(=O)O)CCOC1. The molecule has 0 spiro atoms.